The van der Waals surface area contributed by atoms with Gasteiger partial charge in [0, 0.05) is 15.9 Å². The van der Waals surface area contributed by atoms with Crippen LogP contribution in [-0.2, 0) is 17.5 Å². The van der Waals surface area contributed by atoms with Crippen LogP contribution in [0.15, 0.2) is 78.9 Å². The Morgan fingerprint density at radius 1 is 0.821 bits per heavy atom. The second-order valence-electron chi connectivity index (χ2n) is 6.80. The zero-order valence-electron chi connectivity index (χ0n) is 15.1. The first-order valence-corrected chi connectivity index (χ1v) is 16.1. The zero-order valence-corrected chi connectivity index (χ0v) is 19.3. The molecule has 144 valence electrons. The molecule has 28 heavy (non-hydrogen) atoms. The predicted molar refractivity (Wildman–Crippen MR) is 122 cm³/mol. The maximum Gasteiger partial charge on any atom is 0.469 e. The highest BCUT2D eigenvalue weighted by molar-refractivity contribution is 7.64. The van der Waals surface area contributed by atoms with Crippen molar-refractivity contribution in [3.63, 3.8) is 0 Å². The van der Waals surface area contributed by atoms with Gasteiger partial charge in [-0.15, -0.1) is 33.2 Å². The Balaban J connectivity index is 1.68. The molecule has 0 radical (unpaired) electrons. The SMILES string of the molecule is Cl[Si](Cl)(Cl)CCc1ccc2c(c1)CO[Si](c1ccccc1)(c1ccccc1)O2. The van der Waals surface area contributed by atoms with Crippen LogP contribution in [0.3, 0.4) is 0 Å². The maximum atomic E-state index is 6.64. The predicted octanol–water partition coefficient (Wildman–Crippen LogP) is 5.05. The number of halogens is 3. The van der Waals surface area contributed by atoms with Gasteiger partial charge in [0.1, 0.15) is 5.75 Å². The van der Waals surface area contributed by atoms with Crippen LogP contribution < -0.4 is 14.8 Å². The number of aryl methyl sites for hydroxylation is 1. The van der Waals surface area contributed by atoms with E-state index in [9.17, 15) is 0 Å². The van der Waals surface area contributed by atoms with Gasteiger partial charge in [-0.25, -0.2) is 0 Å². The molecular formula is C21H19Cl3O2Si2. The monoisotopic (exact) mass is 464 g/mol. The second-order valence-corrected chi connectivity index (χ2v) is 19.0. The Bertz CT molecular complexity index is 907. The van der Waals surface area contributed by atoms with E-state index in [1.807, 2.05) is 42.5 Å². The van der Waals surface area contributed by atoms with Crippen molar-refractivity contribution < 1.29 is 8.85 Å². The fourth-order valence-corrected chi connectivity index (χ4v) is 7.93. The summed E-state index contributed by atoms with van der Waals surface area (Å²) in [5.74, 6) is 0.875. The molecule has 0 aliphatic carbocycles. The number of rotatable bonds is 5. The molecule has 1 heterocycles. The normalized spacial score (nSPS) is 15.5. The number of hydrogen-bond donors (Lipinski definition) is 0. The number of fused-ring (bicyclic) bond motifs is 1. The first-order valence-electron chi connectivity index (χ1n) is 9.09. The summed E-state index contributed by atoms with van der Waals surface area (Å²) in [6, 6.07) is 24.6. The molecule has 0 unspecified atom stereocenters. The Labute approximate surface area is 181 Å². The molecular weight excluding hydrogens is 447 g/mol. The van der Waals surface area contributed by atoms with Crippen molar-refractivity contribution in [3.8, 4) is 5.75 Å². The Kier molecular flexibility index (Phi) is 5.88. The van der Waals surface area contributed by atoms with E-state index in [2.05, 4.69) is 36.4 Å². The van der Waals surface area contributed by atoms with Gasteiger partial charge in [0.25, 0.3) is 0 Å². The zero-order chi connectivity index (χ0) is 19.6. The quantitative estimate of drug-likeness (QED) is 0.388. The molecule has 1 aliphatic heterocycles. The molecule has 0 fully saturated rings. The minimum absolute atomic E-state index is 0.504. The van der Waals surface area contributed by atoms with E-state index in [1.54, 1.807) is 0 Å². The molecule has 7 heteroatoms. The smallest absolute Gasteiger partial charge is 0.469 e. The van der Waals surface area contributed by atoms with Gasteiger partial charge in [0.05, 0.1) is 6.61 Å². The van der Waals surface area contributed by atoms with Gasteiger partial charge in [0.15, 0.2) is 0 Å². The van der Waals surface area contributed by atoms with E-state index in [1.165, 1.54) is 0 Å². The van der Waals surface area contributed by atoms with Crippen molar-refractivity contribution >= 4 is 58.2 Å². The highest BCUT2D eigenvalue weighted by Crippen LogP contribution is 2.32. The van der Waals surface area contributed by atoms with Crippen molar-refractivity contribution in [2.75, 3.05) is 0 Å². The molecule has 0 saturated carbocycles. The molecule has 0 bridgehead atoms. The lowest BCUT2D eigenvalue weighted by molar-refractivity contribution is 0.223. The fraction of sp³-hybridized carbons (Fsp3) is 0.143. The van der Waals surface area contributed by atoms with Crippen LogP contribution in [-0.4, -0.2) is 14.6 Å². The third-order valence-electron chi connectivity index (χ3n) is 4.81. The van der Waals surface area contributed by atoms with E-state index >= 15 is 0 Å². The topological polar surface area (TPSA) is 18.5 Å². The van der Waals surface area contributed by atoms with E-state index in [4.69, 9.17) is 42.1 Å². The summed E-state index contributed by atoms with van der Waals surface area (Å²) in [6.45, 7) is 0.504. The molecule has 1 aliphatic rings. The summed E-state index contributed by atoms with van der Waals surface area (Å²) in [4.78, 5) is 0. The van der Waals surface area contributed by atoms with Gasteiger partial charge in [-0.2, -0.15) is 0 Å². The van der Waals surface area contributed by atoms with Crippen LogP contribution in [0.2, 0.25) is 6.04 Å². The average molecular weight is 466 g/mol. The molecule has 4 rings (SSSR count). The summed E-state index contributed by atoms with van der Waals surface area (Å²) >= 11 is 18.1. The van der Waals surface area contributed by atoms with Gasteiger partial charge in [-0.3, -0.25) is 0 Å². The summed E-state index contributed by atoms with van der Waals surface area (Å²) in [5.41, 5.74) is 2.18. The first kappa shape index (κ1) is 20.0. The number of hydrogen-bond acceptors (Lipinski definition) is 2. The average Bonchev–Trinajstić information content (AvgIpc) is 2.72. The van der Waals surface area contributed by atoms with Crippen molar-refractivity contribution in [3.05, 3.63) is 90.0 Å². The Hall–Kier alpha value is -1.28. The highest BCUT2D eigenvalue weighted by Gasteiger charge is 2.47. The molecule has 2 nitrogen and oxygen atoms in total. The van der Waals surface area contributed by atoms with Crippen molar-refractivity contribution in [1.82, 2.24) is 0 Å². The molecule has 0 atom stereocenters. The van der Waals surface area contributed by atoms with Crippen LogP contribution in [0.1, 0.15) is 11.1 Å². The van der Waals surface area contributed by atoms with Gasteiger partial charge in [-0.05, 0) is 30.2 Å². The summed E-state index contributed by atoms with van der Waals surface area (Å²) in [7, 11) is -2.81. The van der Waals surface area contributed by atoms with Crippen LogP contribution in [0.4, 0.5) is 0 Å². The van der Waals surface area contributed by atoms with E-state index in [-0.39, 0.29) is 0 Å². The first-order chi connectivity index (χ1) is 13.5. The second kappa shape index (κ2) is 8.22. The number of benzene rings is 3. The summed E-state index contributed by atoms with van der Waals surface area (Å²) in [6.07, 6.45) is 0.746. The van der Waals surface area contributed by atoms with Crippen molar-refractivity contribution in [2.24, 2.45) is 0 Å². The maximum absolute atomic E-state index is 6.64. The Morgan fingerprint density at radius 2 is 1.43 bits per heavy atom. The molecule has 0 aromatic heterocycles. The van der Waals surface area contributed by atoms with Crippen LogP contribution >= 0.6 is 33.2 Å². The lowest BCUT2D eigenvalue weighted by Crippen LogP contribution is -2.66. The molecule has 3 aromatic rings. The van der Waals surface area contributed by atoms with Crippen molar-refractivity contribution in [1.29, 1.82) is 0 Å². The Morgan fingerprint density at radius 3 is 2.00 bits per heavy atom. The molecule has 3 aromatic carbocycles. The third-order valence-corrected chi connectivity index (χ3v) is 10.6. The minimum atomic E-state index is -2.81. The fourth-order valence-electron chi connectivity index (χ4n) is 3.42. The van der Waals surface area contributed by atoms with Crippen LogP contribution in [0.5, 0.6) is 5.75 Å². The van der Waals surface area contributed by atoms with Crippen molar-refractivity contribution in [2.45, 2.75) is 19.1 Å². The summed E-state index contributed by atoms with van der Waals surface area (Å²) in [5, 5.41) is 2.19. The van der Waals surface area contributed by atoms with Gasteiger partial charge in [-0.1, -0.05) is 66.7 Å². The lowest BCUT2D eigenvalue weighted by Gasteiger charge is -2.36. The van der Waals surface area contributed by atoms with Crippen LogP contribution in [0, 0.1) is 0 Å². The summed E-state index contributed by atoms with van der Waals surface area (Å²) < 4.78 is 13.2. The van der Waals surface area contributed by atoms with Gasteiger partial charge >= 0.3 is 14.6 Å². The van der Waals surface area contributed by atoms with E-state index < -0.39 is 14.6 Å². The molecule has 0 N–H and O–H groups in total. The highest BCUT2D eigenvalue weighted by atomic mass is 35.8. The molecule has 0 amide bonds. The largest absolute Gasteiger partial charge is 0.514 e. The van der Waals surface area contributed by atoms with E-state index in [0.717, 1.165) is 33.7 Å². The van der Waals surface area contributed by atoms with E-state index in [0.29, 0.717) is 12.7 Å². The third kappa shape index (κ3) is 4.32. The molecule has 0 spiro atoms. The minimum Gasteiger partial charge on any atom is -0.514 e. The van der Waals surface area contributed by atoms with Gasteiger partial charge < -0.3 is 8.85 Å². The lowest BCUT2D eigenvalue weighted by atomic mass is 10.1. The molecule has 0 saturated heterocycles. The standard InChI is InChI=1S/C21H19Cl3O2Si2/c22-27(23,24)14-13-17-11-12-21-18(15-17)16-25-28(26-21,19-7-3-1-4-8-19)20-9-5-2-6-10-20/h1-12,15H,13-14,16H2. The van der Waals surface area contributed by atoms with Gasteiger partial charge in [0.2, 0.25) is 0 Å². The van der Waals surface area contributed by atoms with Crippen LogP contribution in [0.25, 0.3) is 0 Å².